The van der Waals surface area contributed by atoms with E-state index >= 15 is 0 Å². The summed E-state index contributed by atoms with van der Waals surface area (Å²) in [5.74, 6) is 1.08. The summed E-state index contributed by atoms with van der Waals surface area (Å²) in [5, 5.41) is 0. The van der Waals surface area contributed by atoms with Crippen LogP contribution in [-0.4, -0.2) is 11.8 Å². The Morgan fingerprint density at radius 1 is 1.18 bits per heavy atom. The molecular formula is C9H15NO. The molecule has 2 aliphatic carbocycles. The fourth-order valence-corrected chi connectivity index (χ4v) is 2.48. The molecule has 0 aromatic heterocycles. The van der Waals surface area contributed by atoms with Crippen LogP contribution in [0.2, 0.25) is 0 Å². The molecule has 0 aromatic carbocycles. The van der Waals surface area contributed by atoms with Gasteiger partial charge in [0.25, 0.3) is 0 Å². The van der Waals surface area contributed by atoms with Gasteiger partial charge < -0.3 is 5.73 Å². The number of carbonyl (C=O) groups is 1. The van der Waals surface area contributed by atoms with E-state index in [1.165, 1.54) is 6.42 Å². The van der Waals surface area contributed by atoms with Crippen molar-refractivity contribution in [3.63, 3.8) is 0 Å². The van der Waals surface area contributed by atoms with Crippen LogP contribution < -0.4 is 5.73 Å². The van der Waals surface area contributed by atoms with Crippen LogP contribution in [0.1, 0.15) is 32.1 Å². The number of carbonyl (C=O) groups excluding carboxylic acids is 1. The summed E-state index contributed by atoms with van der Waals surface area (Å²) in [6, 6.07) is 0.180. The number of hydrogen-bond acceptors (Lipinski definition) is 2. The molecule has 0 radical (unpaired) electrons. The van der Waals surface area contributed by atoms with Gasteiger partial charge in [0.1, 0.15) is 5.78 Å². The highest BCUT2D eigenvalue weighted by molar-refractivity contribution is 5.85. The summed E-state index contributed by atoms with van der Waals surface area (Å²) in [5.41, 5.74) is 5.86. The molecule has 2 aliphatic rings. The van der Waals surface area contributed by atoms with Crippen molar-refractivity contribution in [2.75, 3.05) is 0 Å². The summed E-state index contributed by atoms with van der Waals surface area (Å²) in [7, 11) is 0. The molecule has 0 aromatic rings. The fourth-order valence-electron chi connectivity index (χ4n) is 2.48. The maximum absolute atomic E-state index is 11.5. The summed E-state index contributed by atoms with van der Waals surface area (Å²) in [6.45, 7) is 0. The van der Waals surface area contributed by atoms with Gasteiger partial charge in [-0.05, 0) is 25.7 Å². The minimum atomic E-state index is 0.180. The van der Waals surface area contributed by atoms with Gasteiger partial charge in [-0.3, -0.25) is 4.79 Å². The van der Waals surface area contributed by atoms with Crippen molar-refractivity contribution >= 4 is 5.78 Å². The van der Waals surface area contributed by atoms with Gasteiger partial charge in [0.2, 0.25) is 0 Å². The topological polar surface area (TPSA) is 43.1 Å². The number of nitrogens with two attached hydrogens (primary N) is 1. The Balaban J connectivity index is 2.16. The van der Waals surface area contributed by atoms with E-state index < -0.39 is 0 Å². The van der Waals surface area contributed by atoms with E-state index in [0.717, 1.165) is 25.7 Å². The lowest BCUT2D eigenvalue weighted by molar-refractivity contribution is -0.132. The lowest BCUT2D eigenvalue weighted by Crippen LogP contribution is -2.45. The van der Waals surface area contributed by atoms with Gasteiger partial charge in [0, 0.05) is 17.9 Å². The van der Waals surface area contributed by atoms with Gasteiger partial charge in [0.15, 0.2) is 0 Å². The molecule has 0 saturated heterocycles. The minimum absolute atomic E-state index is 0.180. The van der Waals surface area contributed by atoms with Crippen molar-refractivity contribution in [2.45, 2.75) is 38.1 Å². The van der Waals surface area contributed by atoms with Crippen LogP contribution in [0, 0.1) is 11.8 Å². The summed E-state index contributed by atoms with van der Waals surface area (Å²) in [6.07, 6.45) is 5.52. The van der Waals surface area contributed by atoms with Crippen molar-refractivity contribution in [1.82, 2.24) is 0 Å². The quantitative estimate of drug-likeness (QED) is 0.566. The van der Waals surface area contributed by atoms with Gasteiger partial charge >= 0.3 is 0 Å². The van der Waals surface area contributed by atoms with Crippen LogP contribution in [-0.2, 0) is 4.79 Å². The average molecular weight is 153 g/mol. The third-order valence-electron chi connectivity index (χ3n) is 3.20. The number of ketones is 1. The molecule has 0 amide bonds. The first-order valence-electron chi connectivity index (χ1n) is 4.58. The van der Waals surface area contributed by atoms with E-state index in [4.69, 9.17) is 5.73 Å². The van der Waals surface area contributed by atoms with Crippen LogP contribution in [0.15, 0.2) is 0 Å². The predicted octanol–water partition coefficient (Wildman–Crippen LogP) is 1.09. The average Bonchev–Trinajstić information content (AvgIpc) is 1.98. The third kappa shape index (κ3) is 1.09. The Morgan fingerprint density at radius 3 is 2.73 bits per heavy atom. The number of rotatable bonds is 0. The molecule has 0 aliphatic heterocycles. The van der Waals surface area contributed by atoms with E-state index in [2.05, 4.69) is 0 Å². The Bertz CT molecular complexity index is 178. The van der Waals surface area contributed by atoms with Gasteiger partial charge in [-0.15, -0.1) is 0 Å². The molecular weight excluding hydrogens is 138 g/mol. The molecule has 62 valence electrons. The van der Waals surface area contributed by atoms with Crippen molar-refractivity contribution in [2.24, 2.45) is 17.6 Å². The zero-order valence-corrected chi connectivity index (χ0v) is 6.75. The maximum Gasteiger partial charge on any atom is 0.140 e. The van der Waals surface area contributed by atoms with E-state index in [9.17, 15) is 4.79 Å². The molecule has 2 fully saturated rings. The monoisotopic (exact) mass is 153 g/mol. The molecule has 2 rings (SSSR count). The highest BCUT2D eigenvalue weighted by Gasteiger charge is 2.38. The van der Waals surface area contributed by atoms with Crippen molar-refractivity contribution in [3.8, 4) is 0 Å². The van der Waals surface area contributed by atoms with E-state index in [0.29, 0.717) is 11.7 Å². The molecule has 3 atom stereocenters. The Labute approximate surface area is 67.1 Å². The van der Waals surface area contributed by atoms with Crippen molar-refractivity contribution < 1.29 is 4.79 Å². The van der Waals surface area contributed by atoms with E-state index in [1.54, 1.807) is 0 Å². The third-order valence-corrected chi connectivity index (χ3v) is 3.20. The summed E-state index contributed by atoms with van der Waals surface area (Å²) < 4.78 is 0. The molecule has 2 nitrogen and oxygen atoms in total. The van der Waals surface area contributed by atoms with Crippen molar-refractivity contribution in [1.29, 1.82) is 0 Å². The highest BCUT2D eigenvalue weighted by atomic mass is 16.1. The zero-order valence-electron chi connectivity index (χ0n) is 6.75. The molecule has 2 N–H and O–H groups in total. The predicted molar refractivity (Wildman–Crippen MR) is 43.0 cm³/mol. The van der Waals surface area contributed by atoms with Gasteiger partial charge in [-0.25, -0.2) is 0 Å². The van der Waals surface area contributed by atoms with Crippen LogP contribution in [0.5, 0.6) is 0 Å². The second-order valence-electron chi connectivity index (χ2n) is 3.88. The number of fused-ring (bicyclic) bond motifs is 2. The summed E-state index contributed by atoms with van der Waals surface area (Å²) >= 11 is 0. The van der Waals surface area contributed by atoms with Crippen LogP contribution >= 0.6 is 0 Å². The molecule has 3 unspecified atom stereocenters. The highest BCUT2D eigenvalue weighted by Crippen LogP contribution is 2.36. The summed E-state index contributed by atoms with van der Waals surface area (Å²) in [4.78, 5) is 11.5. The standard InChI is InChI=1S/C9H15NO/c10-8-5-4-6-2-1-3-7(8)9(6)11/h6-8H,1-5,10H2. The van der Waals surface area contributed by atoms with E-state index in [-0.39, 0.29) is 12.0 Å². The Kier molecular flexibility index (Phi) is 1.72. The molecule has 0 spiro atoms. The largest absolute Gasteiger partial charge is 0.327 e. The van der Waals surface area contributed by atoms with Crippen LogP contribution in [0.25, 0.3) is 0 Å². The first-order chi connectivity index (χ1) is 5.29. The van der Waals surface area contributed by atoms with Gasteiger partial charge in [0.05, 0.1) is 0 Å². The first-order valence-corrected chi connectivity index (χ1v) is 4.58. The number of hydrogen-bond donors (Lipinski definition) is 1. The molecule has 0 heterocycles. The molecule has 2 saturated carbocycles. The minimum Gasteiger partial charge on any atom is -0.327 e. The van der Waals surface area contributed by atoms with Crippen LogP contribution in [0.4, 0.5) is 0 Å². The Morgan fingerprint density at radius 2 is 2.00 bits per heavy atom. The second kappa shape index (κ2) is 2.59. The normalized spacial score (nSPS) is 44.1. The lowest BCUT2D eigenvalue weighted by atomic mass is 9.69. The smallest absolute Gasteiger partial charge is 0.140 e. The van der Waals surface area contributed by atoms with Gasteiger partial charge in [-0.1, -0.05) is 6.42 Å². The van der Waals surface area contributed by atoms with E-state index in [1.807, 2.05) is 0 Å². The molecule has 2 heteroatoms. The maximum atomic E-state index is 11.5. The number of Topliss-reactive ketones (excluding diaryl/α,β-unsaturated/α-hetero) is 1. The van der Waals surface area contributed by atoms with Gasteiger partial charge in [-0.2, -0.15) is 0 Å². The second-order valence-corrected chi connectivity index (χ2v) is 3.88. The zero-order chi connectivity index (χ0) is 7.84. The molecule has 2 bridgehead atoms. The van der Waals surface area contributed by atoms with Crippen molar-refractivity contribution in [3.05, 3.63) is 0 Å². The Hall–Kier alpha value is -0.370. The lowest BCUT2D eigenvalue weighted by Gasteiger charge is -2.36. The molecule has 11 heavy (non-hydrogen) atoms. The first kappa shape index (κ1) is 7.29. The SMILES string of the molecule is NC1CCC2CCCC1C2=O. The fraction of sp³-hybridized carbons (Fsp3) is 0.889. The van der Waals surface area contributed by atoms with Crippen LogP contribution in [0.3, 0.4) is 0 Å².